The van der Waals surface area contributed by atoms with Crippen LogP contribution in [0.1, 0.15) is 18.1 Å². The van der Waals surface area contributed by atoms with Crippen molar-refractivity contribution in [2.75, 3.05) is 0 Å². The van der Waals surface area contributed by atoms with Gasteiger partial charge in [0.15, 0.2) is 0 Å². The zero-order valence-electron chi connectivity index (χ0n) is 11.2. The Kier molecular flexibility index (Phi) is 4.69. The summed E-state index contributed by atoms with van der Waals surface area (Å²) in [6, 6.07) is 12.0. The molecule has 0 aliphatic rings. The summed E-state index contributed by atoms with van der Waals surface area (Å²) >= 11 is 12.1. The second-order valence-corrected chi connectivity index (χ2v) is 6.18. The summed E-state index contributed by atoms with van der Waals surface area (Å²) in [5, 5.41) is 1.24. The van der Waals surface area contributed by atoms with Gasteiger partial charge < -0.3 is 5.73 Å². The lowest BCUT2D eigenvalue weighted by atomic mass is 9.87. The molecule has 4 heteroatoms. The van der Waals surface area contributed by atoms with Gasteiger partial charge in [0.25, 0.3) is 0 Å². The topological polar surface area (TPSA) is 26.0 Å². The Morgan fingerprint density at radius 1 is 1.05 bits per heavy atom. The largest absolute Gasteiger partial charge is 0.325 e. The molecule has 0 aliphatic heterocycles. The molecule has 0 saturated heterocycles. The van der Waals surface area contributed by atoms with E-state index >= 15 is 0 Å². The Bertz CT molecular complexity index is 611. The standard InChI is InChI=1S/C16H16Cl2FN/c1-16(20,9-11-4-2-3-5-15(11)19)10-12-8-13(17)6-7-14(12)18/h2-8H,9-10,20H2,1H3. The zero-order chi connectivity index (χ0) is 14.8. The van der Waals surface area contributed by atoms with Crippen molar-refractivity contribution < 1.29 is 4.39 Å². The molecule has 2 aromatic rings. The van der Waals surface area contributed by atoms with Gasteiger partial charge in [-0.05, 0) is 55.2 Å². The fourth-order valence-corrected chi connectivity index (χ4v) is 2.63. The molecule has 106 valence electrons. The Labute approximate surface area is 128 Å². The molecule has 1 unspecified atom stereocenters. The Morgan fingerprint density at radius 2 is 1.70 bits per heavy atom. The van der Waals surface area contributed by atoms with Crippen molar-refractivity contribution in [3.05, 3.63) is 69.5 Å². The van der Waals surface area contributed by atoms with Crippen molar-refractivity contribution in [3.8, 4) is 0 Å². The van der Waals surface area contributed by atoms with Gasteiger partial charge in [-0.1, -0.05) is 41.4 Å². The van der Waals surface area contributed by atoms with Gasteiger partial charge in [0, 0.05) is 15.6 Å². The van der Waals surface area contributed by atoms with Crippen LogP contribution in [-0.2, 0) is 12.8 Å². The summed E-state index contributed by atoms with van der Waals surface area (Å²) in [7, 11) is 0. The van der Waals surface area contributed by atoms with Gasteiger partial charge in [-0.25, -0.2) is 4.39 Å². The molecule has 0 bridgehead atoms. The smallest absolute Gasteiger partial charge is 0.126 e. The van der Waals surface area contributed by atoms with Crippen molar-refractivity contribution in [1.82, 2.24) is 0 Å². The third-order valence-corrected chi connectivity index (χ3v) is 3.76. The van der Waals surface area contributed by atoms with Crippen LogP contribution >= 0.6 is 23.2 Å². The fraction of sp³-hybridized carbons (Fsp3) is 0.250. The van der Waals surface area contributed by atoms with Gasteiger partial charge in [0.2, 0.25) is 0 Å². The fourth-order valence-electron chi connectivity index (χ4n) is 2.25. The minimum Gasteiger partial charge on any atom is -0.325 e. The van der Waals surface area contributed by atoms with Crippen molar-refractivity contribution in [2.24, 2.45) is 5.73 Å². The minimum absolute atomic E-state index is 0.235. The highest BCUT2D eigenvalue weighted by atomic mass is 35.5. The number of rotatable bonds is 4. The van der Waals surface area contributed by atoms with Crippen LogP contribution in [0.2, 0.25) is 10.0 Å². The number of benzene rings is 2. The second-order valence-electron chi connectivity index (χ2n) is 5.33. The molecule has 0 aromatic heterocycles. The predicted molar refractivity (Wildman–Crippen MR) is 82.9 cm³/mol. The van der Waals surface area contributed by atoms with Crippen molar-refractivity contribution in [2.45, 2.75) is 25.3 Å². The normalized spacial score (nSPS) is 14.1. The third-order valence-electron chi connectivity index (χ3n) is 3.15. The maximum atomic E-state index is 13.7. The first-order valence-corrected chi connectivity index (χ1v) is 7.09. The van der Waals surface area contributed by atoms with Crippen LogP contribution in [-0.4, -0.2) is 5.54 Å². The molecular weight excluding hydrogens is 296 g/mol. The number of halogens is 3. The maximum absolute atomic E-state index is 13.7. The van der Waals surface area contributed by atoms with E-state index in [1.54, 1.807) is 36.4 Å². The summed E-state index contributed by atoms with van der Waals surface area (Å²) < 4.78 is 13.7. The Balaban J connectivity index is 2.19. The highest BCUT2D eigenvalue weighted by molar-refractivity contribution is 6.33. The lowest BCUT2D eigenvalue weighted by Crippen LogP contribution is -2.41. The van der Waals surface area contributed by atoms with Gasteiger partial charge in [0.1, 0.15) is 5.82 Å². The number of hydrogen-bond donors (Lipinski definition) is 1. The van der Waals surface area contributed by atoms with Crippen LogP contribution in [0.25, 0.3) is 0 Å². The molecule has 0 saturated carbocycles. The summed E-state index contributed by atoms with van der Waals surface area (Å²) in [5.41, 5.74) is 7.18. The first kappa shape index (κ1) is 15.3. The predicted octanol–water partition coefficient (Wildman–Crippen LogP) is 4.64. The van der Waals surface area contributed by atoms with Crippen LogP contribution < -0.4 is 5.73 Å². The van der Waals surface area contributed by atoms with E-state index in [0.29, 0.717) is 28.5 Å². The summed E-state index contributed by atoms with van der Waals surface area (Å²) in [5.74, 6) is -0.235. The molecule has 2 rings (SSSR count). The van der Waals surface area contributed by atoms with Gasteiger partial charge in [-0.15, -0.1) is 0 Å². The summed E-state index contributed by atoms with van der Waals surface area (Å²) in [6.45, 7) is 1.89. The van der Waals surface area contributed by atoms with E-state index in [0.717, 1.165) is 5.56 Å². The number of hydrogen-bond acceptors (Lipinski definition) is 1. The zero-order valence-corrected chi connectivity index (χ0v) is 12.7. The Morgan fingerprint density at radius 3 is 2.40 bits per heavy atom. The highest BCUT2D eigenvalue weighted by Crippen LogP contribution is 2.26. The second kappa shape index (κ2) is 6.13. The monoisotopic (exact) mass is 311 g/mol. The molecule has 0 heterocycles. The van der Waals surface area contributed by atoms with E-state index in [4.69, 9.17) is 28.9 Å². The van der Waals surface area contributed by atoms with E-state index in [9.17, 15) is 4.39 Å². The number of nitrogens with two attached hydrogens (primary N) is 1. The van der Waals surface area contributed by atoms with Crippen molar-refractivity contribution in [3.63, 3.8) is 0 Å². The lowest BCUT2D eigenvalue weighted by molar-refractivity contribution is 0.451. The van der Waals surface area contributed by atoms with E-state index in [-0.39, 0.29) is 5.82 Å². The molecule has 2 aromatic carbocycles. The summed E-state index contributed by atoms with van der Waals surface area (Å²) in [6.07, 6.45) is 0.962. The lowest BCUT2D eigenvalue weighted by Gasteiger charge is -2.25. The average molecular weight is 312 g/mol. The molecule has 0 amide bonds. The van der Waals surface area contributed by atoms with Gasteiger partial charge in [0.05, 0.1) is 0 Å². The van der Waals surface area contributed by atoms with Crippen LogP contribution in [0.5, 0.6) is 0 Å². The van der Waals surface area contributed by atoms with Crippen molar-refractivity contribution >= 4 is 23.2 Å². The third kappa shape index (κ3) is 3.95. The first-order chi connectivity index (χ1) is 9.37. The molecular formula is C16H16Cl2FN. The van der Waals surface area contributed by atoms with E-state index in [1.807, 2.05) is 6.92 Å². The molecule has 2 N–H and O–H groups in total. The molecule has 20 heavy (non-hydrogen) atoms. The highest BCUT2D eigenvalue weighted by Gasteiger charge is 2.22. The maximum Gasteiger partial charge on any atom is 0.126 e. The molecule has 0 aliphatic carbocycles. The molecule has 0 radical (unpaired) electrons. The van der Waals surface area contributed by atoms with E-state index in [1.165, 1.54) is 6.07 Å². The molecule has 0 fully saturated rings. The molecule has 1 atom stereocenters. The van der Waals surface area contributed by atoms with E-state index in [2.05, 4.69) is 0 Å². The van der Waals surface area contributed by atoms with Crippen LogP contribution in [0.3, 0.4) is 0 Å². The summed E-state index contributed by atoms with van der Waals surface area (Å²) in [4.78, 5) is 0. The van der Waals surface area contributed by atoms with Crippen LogP contribution in [0.15, 0.2) is 42.5 Å². The minimum atomic E-state index is -0.601. The van der Waals surface area contributed by atoms with Gasteiger partial charge in [-0.3, -0.25) is 0 Å². The molecule has 0 spiro atoms. The van der Waals surface area contributed by atoms with Gasteiger partial charge in [-0.2, -0.15) is 0 Å². The first-order valence-electron chi connectivity index (χ1n) is 6.34. The average Bonchev–Trinajstić information content (AvgIpc) is 2.36. The SMILES string of the molecule is CC(N)(Cc1ccccc1F)Cc1cc(Cl)ccc1Cl. The molecule has 1 nitrogen and oxygen atoms in total. The van der Waals surface area contributed by atoms with Crippen LogP contribution in [0, 0.1) is 5.82 Å². The quantitative estimate of drug-likeness (QED) is 0.875. The van der Waals surface area contributed by atoms with Crippen molar-refractivity contribution in [1.29, 1.82) is 0 Å². The van der Waals surface area contributed by atoms with Crippen LogP contribution in [0.4, 0.5) is 4.39 Å². The van der Waals surface area contributed by atoms with E-state index < -0.39 is 5.54 Å². The van der Waals surface area contributed by atoms with Gasteiger partial charge >= 0.3 is 0 Å². The Hall–Kier alpha value is -1.09.